The lowest BCUT2D eigenvalue weighted by Gasteiger charge is -2.07. The van der Waals surface area contributed by atoms with E-state index in [9.17, 15) is 13.2 Å². The van der Waals surface area contributed by atoms with Gasteiger partial charge in [-0.25, -0.2) is 4.79 Å². The van der Waals surface area contributed by atoms with Gasteiger partial charge in [-0.15, -0.1) is 0 Å². The van der Waals surface area contributed by atoms with E-state index in [-0.39, 0.29) is 10.7 Å². The minimum absolute atomic E-state index is 0.181. The number of furan rings is 1. The van der Waals surface area contributed by atoms with Gasteiger partial charge in [0, 0.05) is 3.57 Å². The van der Waals surface area contributed by atoms with Crippen molar-refractivity contribution in [1.29, 1.82) is 0 Å². The summed E-state index contributed by atoms with van der Waals surface area (Å²) in [5.74, 6) is -1.81. The Labute approximate surface area is 132 Å². The Balaban J connectivity index is 2.33. The van der Waals surface area contributed by atoms with Crippen LogP contribution < -0.4 is 4.72 Å². The van der Waals surface area contributed by atoms with Crippen LogP contribution in [0.15, 0.2) is 39.8 Å². The summed E-state index contributed by atoms with van der Waals surface area (Å²) in [4.78, 5) is 10.7. The number of carboxylic acid groups (broad SMARTS) is 1. The van der Waals surface area contributed by atoms with E-state index >= 15 is 0 Å². The molecule has 9 heteroatoms. The van der Waals surface area contributed by atoms with Gasteiger partial charge in [-0.3, -0.25) is 4.72 Å². The van der Waals surface area contributed by atoms with Crippen LogP contribution >= 0.6 is 34.2 Å². The molecule has 0 aliphatic carbocycles. The number of nitrogens with one attached hydrogen (secondary N) is 1. The number of benzene rings is 1. The Hall–Kier alpha value is -1.26. The summed E-state index contributed by atoms with van der Waals surface area (Å²) in [5.41, 5.74) is 0.181. The first kappa shape index (κ1) is 15.1. The average Bonchev–Trinajstić information content (AvgIpc) is 2.83. The van der Waals surface area contributed by atoms with Gasteiger partial charge >= 0.3 is 5.97 Å². The molecule has 20 heavy (non-hydrogen) atoms. The highest BCUT2D eigenvalue weighted by atomic mass is 127. The van der Waals surface area contributed by atoms with Gasteiger partial charge in [-0.1, -0.05) is 11.6 Å². The molecule has 0 unspecified atom stereocenters. The second-order valence-electron chi connectivity index (χ2n) is 3.65. The molecule has 1 aromatic carbocycles. The number of carboxylic acids is 1. The van der Waals surface area contributed by atoms with Gasteiger partial charge in [0.05, 0.1) is 10.7 Å². The molecule has 0 aliphatic heterocycles. The quantitative estimate of drug-likeness (QED) is 0.731. The van der Waals surface area contributed by atoms with Gasteiger partial charge in [0.1, 0.15) is 0 Å². The highest BCUT2D eigenvalue weighted by molar-refractivity contribution is 14.1. The van der Waals surface area contributed by atoms with Crippen LogP contribution in [0.25, 0.3) is 0 Å². The summed E-state index contributed by atoms with van der Waals surface area (Å²) in [5, 5.41) is 8.43. The van der Waals surface area contributed by atoms with Gasteiger partial charge in [-0.2, -0.15) is 8.42 Å². The first-order valence-corrected chi connectivity index (χ1v) is 8.04. The van der Waals surface area contributed by atoms with Crippen LogP contribution in [0.5, 0.6) is 0 Å². The Morgan fingerprint density at radius 2 is 2.00 bits per heavy atom. The van der Waals surface area contributed by atoms with E-state index in [1.54, 1.807) is 12.1 Å². The van der Waals surface area contributed by atoms with Gasteiger partial charge in [-0.05, 0) is 52.9 Å². The van der Waals surface area contributed by atoms with Crippen LogP contribution in [0.4, 0.5) is 5.69 Å². The number of halogens is 2. The van der Waals surface area contributed by atoms with Crippen molar-refractivity contribution in [1.82, 2.24) is 0 Å². The molecule has 0 bridgehead atoms. The topological polar surface area (TPSA) is 96.6 Å². The summed E-state index contributed by atoms with van der Waals surface area (Å²) in [6.45, 7) is 0. The zero-order valence-corrected chi connectivity index (χ0v) is 13.4. The predicted molar refractivity (Wildman–Crippen MR) is 80.6 cm³/mol. The number of carbonyl (C=O) groups is 1. The van der Waals surface area contributed by atoms with Crippen molar-refractivity contribution in [2.75, 3.05) is 4.72 Å². The molecule has 0 atom stereocenters. The van der Waals surface area contributed by atoms with Crippen LogP contribution in [-0.2, 0) is 10.0 Å². The second-order valence-corrected chi connectivity index (χ2v) is 6.92. The number of hydrogen-bond donors (Lipinski definition) is 2. The summed E-state index contributed by atoms with van der Waals surface area (Å²) >= 11 is 7.96. The van der Waals surface area contributed by atoms with Crippen LogP contribution in [0, 0.1) is 3.57 Å². The standard InChI is InChI=1S/C11H7ClINO5S/c12-7-5-6(13)1-2-8(7)14-20(17,18)10-4-3-9(19-10)11(15)16/h1-5,14H,(H,15,16). The van der Waals surface area contributed by atoms with Crippen molar-refractivity contribution in [3.05, 3.63) is 44.7 Å². The van der Waals surface area contributed by atoms with E-state index in [1.165, 1.54) is 6.07 Å². The fraction of sp³-hybridized carbons (Fsp3) is 0. The van der Waals surface area contributed by atoms with Gasteiger partial charge in [0.15, 0.2) is 0 Å². The third kappa shape index (κ3) is 3.25. The highest BCUT2D eigenvalue weighted by Gasteiger charge is 2.22. The number of aromatic carboxylic acids is 1. The molecular weight excluding hydrogens is 421 g/mol. The van der Waals surface area contributed by atoms with E-state index in [4.69, 9.17) is 21.1 Å². The molecular formula is C11H7ClINO5S. The summed E-state index contributed by atoms with van der Waals surface area (Å²) < 4.78 is 31.9. The van der Waals surface area contributed by atoms with Gasteiger partial charge in [0.25, 0.3) is 10.0 Å². The number of hydrogen-bond acceptors (Lipinski definition) is 4. The maximum Gasteiger partial charge on any atom is 0.371 e. The monoisotopic (exact) mass is 427 g/mol. The minimum atomic E-state index is -4.03. The maximum atomic E-state index is 12.0. The van der Waals surface area contributed by atoms with Crippen LogP contribution in [0.1, 0.15) is 10.6 Å². The highest BCUT2D eigenvalue weighted by Crippen LogP contribution is 2.26. The van der Waals surface area contributed by atoms with E-state index in [1.807, 2.05) is 22.6 Å². The molecule has 1 aromatic heterocycles. The molecule has 6 nitrogen and oxygen atoms in total. The molecule has 0 aliphatic rings. The lowest BCUT2D eigenvalue weighted by atomic mass is 10.3. The molecule has 0 saturated heterocycles. The first-order chi connectivity index (χ1) is 9.29. The Morgan fingerprint density at radius 1 is 1.30 bits per heavy atom. The fourth-order valence-corrected chi connectivity index (χ4v) is 3.32. The van der Waals surface area contributed by atoms with Crippen LogP contribution in [0.3, 0.4) is 0 Å². The van der Waals surface area contributed by atoms with Crippen LogP contribution in [0.2, 0.25) is 5.02 Å². The van der Waals surface area contributed by atoms with Crippen molar-refractivity contribution < 1.29 is 22.7 Å². The van der Waals surface area contributed by atoms with Crippen molar-refractivity contribution in [2.24, 2.45) is 0 Å². The van der Waals surface area contributed by atoms with Crippen molar-refractivity contribution in [3.63, 3.8) is 0 Å². The Kier molecular flexibility index (Phi) is 4.25. The molecule has 0 amide bonds. The Morgan fingerprint density at radius 3 is 2.55 bits per heavy atom. The molecule has 106 valence electrons. The Bertz CT molecular complexity index is 771. The lowest BCUT2D eigenvalue weighted by molar-refractivity contribution is 0.0656. The third-order valence-corrected chi connectivity index (χ3v) is 4.45. The smallest absolute Gasteiger partial charge is 0.371 e. The second kappa shape index (κ2) is 5.62. The SMILES string of the molecule is O=C(O)c1ccc(S(=O)(=O)Nc2ccc(I)cc2Cl)o1. The van der Waals surface area contributed by atoms with Crippen molar-refractivity contribution in [2.45, 2.75) is 5.09 Å². The number of anilines is 1. The fourth-order valence-electron chi connectivity index (χ4n) is 1.35. The first-order valence-electron chi connectivity index (χ1n) is 5.10. The summed E-state index contributed by atoms with van der Waals surface area (Å²) in [6.07, 6.45) is 0. The summed E-state index contributed by atoms with van der Waals surface area (Å²) in [6, 6.07) is 6.89. The van der Waals surface area contributed by atoms with Crippen LogP contribution in [-0.4, -0.2) is 19.5 Å². The molecule has 0 spiro atoms. The largest absolute Gasteiger partial charge is 0.475 e. The molecule has 0 radical (unpaired) electrons. The zero-order chi connectivity index (χ0) is 14.9. The van der Waals surface area contributed by atoms with Gasteiger partial charge < -0.3 is 9.52 Å². The molecule has 2 rings (SSSR count). The van der Waals surface area contributed by atoms with Crippen molar-refractivity contribution >= 4 is 55.9 Å². The van der Waals surface area contributed by atoms with E-state index in [0.717, 1.165) is 15.7 Å². The van der Waals surface area contributed by atoms with E-state index in [0.29, 0.717) is 0 Å². The van der Waals surface area contributed by atoms with Gasteiger partial charge in [0.2, 0.25) is 10.9 Å². The van der Waals surface area contributed by atoms with E-state index < -0.39 is 26.8 Å². The average molecular weight is 428 g/mol. The molecule has 2 aromatic rings. The molecule has 1 heterocycles. The normalized spacial score (nSPS) is 11.3. The molecule has 0 saturated carbocycles. The summed E-state index contributed by atoms with van der Waals surface area (Å²) in [7, 11) is -4.03. The maximum absolute atomic E-state index is 12.0. The molecule has 2 N–H and O–H groups in total. The number of sulfonamides is 1. The molecule has 0 fully saturated rings. The van der Waals surface area contributed by atoms with Crippen molar-refractivity contribution in [3.8, 4) is 0 Å². The number of rotatable bonds is 4. The minimum Gasteiger partial charge on any atom is -0.475 e. The zero-order valence-electron chi connectivity index (χ0n) is 9.63. The predicted octanol–water partition coefficient (Wildman–Crippen LogP) is 3.04. The third-order valence-electron chi connectivity index (χ3n) is 2.23. The van der Waals surface area contributed by atoms with E-state index in [2.05, 4.69) is 4.72 Å². The lowest BCUT2D eigenvalue weighted by Crippen LogP contribution is -2.12.